The van der Waals surface area contributed by atoms with Gasteiger partial charge >= 0.3 is 0 Å². The van der Waals surface area contributed by atoms with Crippen LogP contribution in [0.5, 0.6) is 23.0 Å². The standard InChI is InChI=1S/C22H14ClNO2/c23-18-12-17(24-16-10-9-14-5-1-2-6-15(14)11-16)13-21-22(18)26-20-8-4-3-7-19(20)25-21/h1-13,24H. The fraction of sp³-hybridized carbons (Fsp3) is 0. The lowest BCUT2D eigenvalue weighted by Crippen LogP contribution is -2.00. The Bertz CT molecular complexity index is 1140. The molecule has 0 unspecified atom stereocenters. The second-order valence-electron chi connectivity index (χ2n) is 6.12. The van der Waals surface area contributed by atoms with E-state index >= 15 is 0 Å². The Balaban J connectivity index is 1.50. The van der Waals surface area contributed by atoms with Crippen LogP contribution in [0, 0.1) is 0 Å². The fourth-order valence-corrected chi connectivity index (χ4v) is 3.35. The average Bonchev–Trinajstić information content (AvgIpc) is 2.67. The molecule has 1 aliphatic heterocycles. The molecule has 1 N–H and O–H groups in total. The molecule has 0 spiro atoms. The van der Waals surface area contributed by atoms with Crippen molar-refractivity contribution < 1.29 is 9.47 Å². The fourth-order valence-electron chi connectivity index (χ4n) is 3.10. The minimum atomic E-state index is 0.500. The predicted octanol–water partition coefficient (Wildman–Crippen LogP) is 7.13. The van der Waals surface area contributed by atoms with Gasteiger partial charge in [-0.1, -0.05) is 54.1 Å². The zero-order chi connectivity index (χ0) is 17.5. The Morgan fingerprint density at radius 3 is 2.19 bits per heavy atom. The van der Waals surface area contributed by atoms with Crippen molar-refractivity contribution in [3.63, 3.8) is 0 Å². The summed E-state index contributed by atoms with van der Waals surface area (Å²) in [5, 5.41) is 6.27. The van der Waals surface area contributed by atoms with Crippen LogP contribution in [0.4, 0.5) is 11.4 Å². The molecule has 0 aliphatic carbocycles. The smallest absolute Gasteiger partial charge is 0.188 e. The third kappa shape index (κ3) is 2.63. The van der Waals surface area contributed by atoms with Gasteiger partial charge in [0, 0.05) is 17.4 Å². The SMILES string of the molecule is Clc1cc(Nc2ccc3ccccc3c2)cc2c1Oc1ccccc1O2. The molecule has 0 bridgehead atoms. The van der Waals surface area contributed by atoms with Crippen LogP contribution >= 0.6 is 11.6 Å². The molecule has 0 fully saturated rings. The van der Waals surface area contributed by atoms with E-state index in [4.69, 9.17) is 21.1 Å². The first-order chi connectivity index (χ1) is 12.8. The lowest BCUT2D eigenvalue weighted by atomic mass is 10.1. The highest BCUT2D eigenvalue weighted by molar-refractivity contribution is 6.32. The number of halogens is 1. The van der Waals surface area contributed by atoms with Crippen molar-refractivity contribution in [3.05, 3.63) is 83.9 Å². The van der Waals surface area contributed by atoms with Gasteiger partial charge in [0.05, 0.1) is 5.02 Å². The second kappa shape index (κ2) is 5.97. The highest BCUT2D eigenvalue weighted by Crippen LogP contribution is 2.49. The number of hydrogen-bond acceptors (Lipinski definition) is 3. The molecule has 0 saturated heterocycles. The second-order valence-corrected chi connectivity index (χ2v) is 6.53. The van der Waals surface area contributed by atoms with E-state index in [9.17, 15) is 0 Å². The number of para-hydroxylation sites is 2. The van der Waals surface area contributed by atoms with Crippen LogP contribution in [0.1, 0.15) is 0 Å². The number of hydrogen-bond donors (Lipinski definition) is 1. The monoisotopic (exact) mass is 359 g/mol. The normalized spacial score (nSPS) is 11.9. The van der Waals surface area contributed by atoms with E-state index in [1.165, 1.54) is 10.8 Å². The van der Waals surface area contributed by atoms with Gasteiger partial charge in [0.25, 0.3) is 0 Å². The summed E-state index contributed by atoms with van der Waals surface area (Å²) in [5.41, 5.74) is 1.82. The third-order valence-electron chi connectivity index (χ3n) is 4.33. The Morgan fingerprint density at radius 2 is 1.35 bits per heavy atom. The molecule has 1 heterocycles. The lowest BCUT2D eigenvalue weighted by Gasteiger charge is -2.22. The summed E-state index contributed by atoms with van der Waals surface area (Å²) in [7, 11) is 0. The van der Waals surface area contributed by atoms with Gasteiger partial charge in [-0.25, -0.2) is 0 Å². The predicted molar refractivity (Wildman–Crippen MR) is 105 cm³/mol. The summed E-state index contributed by atoms with van der Waals surface area (Å²) in [6, 6.07) is 25.8. The third-order valence-corrected chi connectivity index (χ3v) is 4.61. The largest absolute Gasteiger partial charge is 0.449 e. The minimum Gasteiger partial charge on any atom is -0.449 e. The number of benzene rings is 4. The molecule has 4 aromatic carbocycles. The van der Waals surface area contributed by atoms with Gasteiger partial charge < -0.3 is 14.8 Å². The van der Waals surface area contributed by atoms with Crippen molar-refractivity contribution in [2.24, 2.45) is 0 Å². The van der Waals surface area contributed by atoms with E-state index in [1.54, 1.807) is 0 Å². The highest BCUT2D eigenvalue weighted by Gasteiger charge is 2.21. The Kier molecular flexibility index (Phi) is 3.47. The van der Waals surface area contributed by atoms with E-state index < -0.39 is 0 Å². The maximum absolute atomic E-state index is 6.43. The van der Waals surface area contributed by atoms with Crippen LogP contribution in [0.25, 0.3) is 10.8 Å². The van der Waals surface area contributed by atoms with E-state index in [-0.39, 0.29) is 0 Å². The van der Waals surface area contributed by atoms with Gasteiger partial charge in [0.2, 0.25) is 0 Å². The molecular formula is C22H14ClNO2. The van der Waals surface area contributed by atoms with Gasteiger partial charge in [-0.2, -0.15) is 0 Å². The number of rotatable bonds is 2. The number of nitrogens with one attached hydrogen (secondary N) is 1. The zero-order valence-electron chi connectivity index (χ0n) is 13.7. The number of fused-ring (bicyclic) bond motifs is 3. The topological polar surface area (TPSA) is 30.5 Å². The van der Waals surface area contributed by atoms with Crippen LogP contribution in [-0.4, -0.2) is 0 Å². The summed E-state index contributed by atoms with van der Waals surface area (Å²) < 4.78 is 11.8. The van der Waals surface area contributed by atoms with Crippen molar-refractivity contribution >= 4 is 33.7 Å². The molecule has 0 saturated carbocycles. The lowest BCUT2D eigenvalue weighted by molar-refractivity contribution is 0.360. The summed E-state index contributed by atoms with van der Waals surface area (Å²) in [6.07, 6.45) is 0. The van der Waals surface area contributed by atoms with Gasteiger partial charge in [0.1, 0.15) is 0 Å². The first-order valence-corrected chi connectivity index (χ1v) is 8.68. The van der Waals surface area contributed by atoms with Crippen molar-refractivity contribution in [2.45, 2.75) is 0 Å². The number of ether oxygens (including phenoxy) is 2. The summed E-state index contributed by atoms with van der Waals surface area (Å²) >= 11 is 6.43. The van der Waals surface area contributed by atoms with Gasteiger partial charge in [-0.3, -0.25) is 0 Å². The Morgan fingerprint density at radius 1 is 0.615 bits per heavy atom. The van der Waals surface area contributed by atoms with E-state index in [1.807, 2.05) is 54.6 Å². The van der Waals surface area contributed by atoms with Gasteiger partial charge in [-0.05, 0) is 41.1 Å². The molecule has 4 heteroatoms. The summed E-state index contributed by atoms with van der Waals surface area (Å²) in [6.45, 7) is 0. The maximum Gasteiger partial charge on any atom is 0.188 e. The molecule has 0 amide bonds. The molecule has 0 aromatic heterocycles. The molecule has 5 rings (SSSR count). The minimum absolute atomic E-state index is 0.500. The van der Waals surface area contributed by atoms with E-state index in [0.29, 0.717) is 28.0 Å². The van der Waals surface area contributed by atoms with Crippen LogP contribution < -0.4 is 14.8 Å². The summed E-state index contributed by atoms with van der Waals surface area (Å²) in [5.74, 6) is 2.48. The molecule has 4 aromatic rings. The molecular weight excluding hydrogens is 346 g/mol. The van der Waals surface area contributed by atoms with E-state index in [2.05, 4.69) is 29.6 Å². The molecule has 3 nitrogen and oxygen atoms in total. The van der Waals surface area contributed by atoms with Gasteiger partial charge in [0.15, 0.2) is 23.0 Å². The number of anilines is 2. The van der Waals surface area contributed by atoms with Crippen LogP contribution in [-0.2, 0) is 0 Å². The quantitative estimate of drug-likeness (QED) is 0.363. The van der Waals surface area contributed by atoms with Crippen molar-refractivity contribution in [1.82, 2.24) is 0 Å². The summed E-state index contributed by atoms with van der Waals surface area (Å²) in [4.78, 5) is 0. The first kappa shape index (κ1) is 15.1. The van der Waals surface area contributed by atoms with Gasteiger partial charge in [-0.15, -0.1) is 0 Å². The van der Waals surface area contributed by atoms with Crippen LogP contribution in [0.3, 0.4) is 0 Å². The van der Waals surface area contributed by atoms with Crippen molar-refractivity contribution in [1.29, 1.82) is 0 Å². The molecule has 0 atom stereocenters. The van der Waals surface area contributed by atoms with Crippen molar-refractivity contribution in [2.75, 3.05) is 5.32 Å². The van der Waals surface area contributed by atoms with Crippen molar-refractivity contribution in [3.8, 4) is 23.0 Å². The Hall–Kier alpha value is -3.17. The van der Waals surface area contributed by atoms with E-state index in [0.717, 1.165) is 11.4 Å². The van der Waals surface area contributed by atoms with Crippen LogP contribution in [0.2, 0.25) is 5.02 Å². The highest BCUT2D eigenvalue weighted by atomic mass is 35.5. The zero-order valence-corrected chi connectivity index (χ0v) is 14.5. The molecule has 0 radical (unpaired) electrons. The first-order valence-electron chi connectivity index (χ1n) is 8.30. The maximum atomic E-state index is 6.43. The molecule has 1 aliphatic rings. The Labute approximate surface area is 155 Å². The average molecular weight is 360 g/mol. The molecule has 126 valence electrons. The van der Waals surface area contributed by atoms with Crippen LogP contribution in [0.15, 0.2) is 78.9 Å². The molecule has 26 heavy (non-hydrogen) atoms.